The lowest BCUT2D eigenvalue weighted by Gasteiger charge is -2.28. The highest BCUT2D eigenvalue weighted by molar-refractivity contribution is 5.99. The molecule has 0 saturated carbocycles. The number of aliphatic carboxylic acids is 4. The molecule has 1 aromatic carbocycles. The van der Waals surface area contributed by atoms with Crippen LogP contribution >= 0.6 is 0 Å². The molecule has 412 valence electrons. The van der Waals surface area contributed by atoms with Gasteiger partial charge in [-0.05, 0) is 37.7 Å². The van der Waals surface area contributed by atoms with Crippen molar-refractivity contribution >= 4 is 77.0 Å². The van der Waals surface area contributed by atoms with Gasteiger partial charge in [0.15, 0.2) is 0 Å². The van der Waals surface area contributed by atoms with Gasteiger partial charge in [0.05, 0.1) is 38.5 Å². The summed E-state index contributed by atoms with van der Waals surface area (Å²) in [4.78, 5) is 165. The van der Waals surface area contributed by atoms with E-state index in [1.54, 1.807) is 58.0 Å². The number of carboxylic acids is 4. The van der Waals surface area contributed by atoms with Crippen LogP contribution in [0.15, 0.2) is 30.3 Å². The first-order valence-corrected chi connectivity index (χ1v) is 23.2. The van der Waals surface area contributed by atoms with E-state index in [1.807, 2.05) is 10.6 Å². The molecule has 0 aromatic heterocycles. The van der Waals surface area contributed by atoms with Crippen LogP contribution in [0.3, 0.4) is 0 Å². The Hall–Kier alpha value is -7.79. The van der Waals surface area contributed by atoms with Gasteiger partial charge in [0, 0.05) is 6.42 Å². The van der Waals surface area contributed by atoms with Gasteiger partial charge >= 0.3 is 23.9 Å². The Kier molecular flexibility index (Phi) is 27.4. The maximum Gasteiger partial charge on any atom is 0.326 e. The number of aliphatic hydroxyl groups is 2. The largest absolute Gasteiger partial charge is 0.481 e. The molecule has 0 saturated heterocycles. The Morgan fingerprint density at radius 2 is 0.838 bits per heavy atom. The number of rotatable bonds is 33. The molecule has 1 rings (SSSR count). The number of carbonyl (C=O) groups is 13. The van der Waals surface area contributed by atoms with Crippen LogP contribution in [0.4, 0.5) is 0 Å². The summed E-state index contributed by atoms with van der Waals surface area (Å²) in [7, 11) is 0. The number of hydrogen-bond donors (Lipinski definition) is 16. The predicted molar refractivity (Wildman–Crippen MR) is 254 cm³/mol. The first kappa shape index (κ1) is 64.2. The van der Waals surface area contributed by atoms with Crippen molar-refractivity contribution in [2.45, 2.75) is 140 Å². The molecule has 11 atom stereocenters. The highest BCUT2D eigenvalue weighted by Gasteiger charge is 2.36. The fourth-order valence-electron chi connectivity index (χ4n) is 6.58. The van der Waals surface area contributed by atoms with Crippen molar-refractivity contribution in [1.82, 2.24) is 47.9 Å². The van der Waals surface area contributed by atoms with Gasteiger partial charge in [0.25, 0.3) is 0 Å². The van der Waals surface area contributed by atoms with Gasteiger partial charge in [-0.25, -0.2) is 4.79 Å². The molecular formula is C45H68N10O19. The van der Waals surface area contributed by atoms with Crippen molar-refractivity contribution in [1.29, 1.82) is 0 Å². The lowest BCUT2D eigenvalue weighted by atomic mass is 9.97. The van der Waals surface area contributed by atoms with E-state index in [1.165, 1.54) is 6.92 Å². The smallest absolute Gasteiger partial charge is 0.326 e. The second-order valence-electron chi connectivity index (χ2n) is 17.6. The first-order valence-electron chi connectivity index (χ1n) is 23.2. The monoisotopic (exact) mass is 1050 g/mol. The van der Waals surface area contributed by atoms with Crippen molar-refractivity contribution < 1.29 is 93.0 Å². The van der Waals surface area contributed by atoms with Crippen LogP contribution in [-0.4, -0.2) is 181 Å². The predicted octanol–water partition coefficient (Wildman–Crippen LogP) is -5.46. The van der Waals surface area contributed by atoms with Crippen LogP contribution in [0.1, 0.15) is 79.2 Å². The molecule has 0 heterocycles. The van der Waals surface area contributed by atoms with Crippen molar-refractivity contribution in [3.63, 3.8) is 0 Å². The van der Waals surface area contributed by atoms with Crippen LogP contribution in [0.25, 0.3) is 0 Å². The number of carboxylic acid groups (broad SMARTS) is 4. The maximum absolute atomic E-state index is 13.6. The third-order valence-electron chi connectivity index (χ3n) is 10.9. The summed E-state index contributed by atoms with van der Waals surface area (Å²) < 4.78 is 0. The zero-order valence-corrected chi connectivity index (χ0v) is 41.5. The lowest BCUT2D eigenvalue weighted by molar-refractivity contribution is -0.144. The summed E-state index contributed by atoms with van der Waals surface area (Å²) in [6.45, 7) is 6.53. The fourth-order valence-corrected chi connectivity index (χ4v) is 6.58. The van der Waals surface area contributed by atoms with E-state index in [9.17, 15) is 87.9 Å². The molecule has 74 heavy (non-hydrogen) atoms. The number of carbonyl (C=O) groups excluding carboxylic acids is 9. The van der Waals surface area contributed by atoms with Crippen molar-refractivity contribution in [3.05, 3.63) is 35.9 Å². The average molecular weight is 1050 g/mol. The van der Waals surface area contributed by atoms with E-state index in [4.69, 9.17) is 10.8 Å². The van der Waals surface area contributed by atoms with Gasteiger partial charge < -0.3 is 84.2 Å². The number of nitrogens with two attached hydrogens (primary N) is 1. The molecule has 0 radical (unpaired) electrons. The topological polar surface area (TPSA) is 478 Å². The third-order valence-corrected chi connectivity index (χ3v) is 10.9. The van der Waals surface area contributed by atoms with Crippen molar-refractivity contribution in [3.8, 4) is 0 Å². The van der Waals surface area contributed by atoms with E-state index in [2.05, 4.69) is 37.2 Å². The van der Waals surface area contributed by atoms with E-state index in [0.717, 1.165) is 6.92 Å². The Morgan fingerprint density at radius 3 is 1.27 bits per heavy atom. The molecular weight excluding hydrogens is 985 g/mol. The van der Waals surface area contributed by atoms with Crippen molar-refractivity contribution in [2.24, 2.45) is 17.6 Å². The quantitative estimate of drug-likeness (QED) is 0.0312. The van der Waals surface area contributed by atoms with E-state index >= 15 is 0 Å². The minimum Gasteiger partial charge on any atom is -0.481 e. The van der Waals surface area contributed by atoms with E-state index in [-0.39, 0.29) is 25.2 Å². The summed E-state index contributed by atoms with van der Waals surface area (Å²) in [6, 6.07) is -8.42. The second kappa shape index (κ2) is 31.6. The van der Waals surface area contributed by atoms with Crippen LogP contribution in [0, 0.1) is 11.8 Å². The average Bonchev–Trinajstić information content (AvgIpc) is 3.31. The number of nitrogens with one attached hydrogen (secondary N) is 9. The zero-order chi connectivity index (χ0) is 56.6. The minimum absolute atomic E-state index is 0.126. The lowest BCUT2D eigenvalue weighted by Crippen LogP contribution is -2.61. The molecule has 29 nitrogen and oxygen atoms in total. The summed E-state index contributed by atoms with van der Waals surface area (Å²) in [6.07, 6.45) is -2.92. The van der Waals surface area contributed by atoms with Gasteiger partial charge in [-0.3, -0.25) is 57.5 Å². The van der Waals surface area contributed by atoms with E-state index in [0.29, 0.717) is 5.56 Å². The molecule has 0 spiro atoms. The summed E-state index contributed by atoms with van der Waals surface area (Å²) in [5.41, 5.74) is 6.04. The number of aliphatic hydroxyl groups excluding tert-OH is 2. The molecule has 0 unspecified atom stereocenters. The SMILES string of the molecule is CC[C@H](C)[C@H](NC(=O)[C@H](C)NC(=O)[C@@H](N)CC(=O)O)C(=O)N[C@@H](CC(=O)O)C(=O)N[C@@H](C)C(=O)N[C@@H](CC(C)C)C(=O)N[C@@H](CO)C(=O)N[C@@H](CO)C(=O)N[C@@H](CC(=O)O)C(=O)N[C@@H](Cc1ccccc1)C(=O)O. The Bertz CT molecular complexity index is 2180. The molecule has 1 aromatic rings. The molecule has 9 amide bonds. The van der Waals surface area contributed by atoms with Crippen LogP contribution in [0.2, 0.25) is 0 Å². The van der Waals surface area contributed by atoms with Crippen LogP contribution in [-0.2, 0) is 68.7 Å². The minimum atomic E-state index is -1.94. The van der Waals surface area contributed by atoms with Gasteiger partial charge in [-0.1, -0.05) is 64.4 Å². The maximum atomic E-state index is 13.6. The Balaban J connectivity index is 3.14. The van der Waals surface area contributed by atoms with Crippen LogP contribution in [0.5, 0.6) is 0 Å². The third kappa shape index (κ3) is 22.7. The van der Waals surface area contributed by atoms with Crippen LogP contribution < -0.4 is 53.6 Å². The highest BCUT2D eigenvalue weighted by atomic mass is 16.4. The number of amides is 9. The molecule has 0 aliphatic rings. The highest BCUT2D eigenvalue weighted by Crippen LogP contribution is 2.11. The summed E-state index contributed by atoms with van der Waals surface area (Å²) in [5, 5.41) is 77.6. The van der Waals surface area contributed by atoms with Gasteiger partial charge in [-0.15, -0.1) is 0 Å². The standard InChI is InChI=1S/C45H68N10O19/c1-7-21(4)35(55-37(65)23(6)47-38(66)25(46)15-32(58)59)44(72)51-27(16-33(60)61)39(67)48-22(5)36(64)49-26(13-20(2)3)40(68)53-31(19-57)43(71)54-30(18-56)42(70)50-28(17-34(62)63)41(69)52-29(45(73)74)14-24-11-9-8-10-12-24/h8-12,20-23,25-31,35,56-57H,7,13-19,46H2,1-6H3,(H,47,66)(H,48,67)(H,49,64)(H,50,70)(H,51,72)(H,52,69)(H,53,68)(H,54,71)(H,55,65)(H,58,59)(H,60,61)(H,62,63)(H,73,74)/t21-,22-,23-,25-,26-,27-,28-,29-,30-,31-,35-/m0/s1. The number of hydrogen-bond acceptors (Lipinski definition) is 16. The Labute approximate surface area is 424 Å². The Morgan fingerprint density at radius 1 is 0.459 bits per heavy atom. The molecule has 29 heteroatoms. The van der Waals surface area contributed by atoms with Gasteiger partial charge in [0.2, 0.25) is 53.2 Å². The van der Waals surface area contributed by atoms with E-state index < -0.39 is 176 Å². The number of benzene rings is 1. The molecule has 0 aliphatic carbocycles. The van der Waals surface area contributed by atoms with Gasteiger partial charge in [0.1, 0.15) is 54.4 Å². The fraction of sp³-hybridized carbons (Fsp3) is 0.578. The second-order valence-corrected chi connectivity index (χ2v) is 17.6. The molecule has 0 aliphatic heterocycles. The normalized spacial score (nSPS) is 15.4. The molecule has 0 fully saturated rings. The first-order chi connectivity index (χ1) is 34.5. The summed E-state index contributed by atoms with van der Waals surface area (Å²) in [5.74, 6) is -17.1. The molecule has 17 N–H and O–H groups in total. The molecule has 0 bridgehead atoms. The zero-order valence-electron chi connectivity index (χ0n) is 41.5. The summed E-state index contributed by atoms with van der Waals surface area (Å²) >= 11 is 0. The van der Waals surface area contributed by atoms with Gasteiger partial charge in [-0.2, -0.15) is 0 Å². The van der Waals surface area contributed by atoms with Crippen molar-refractivity contribution in [2.75, 3.05) is 13.2 Å².